The molecular weight excluding hydrogens is 166 g/mol. The largest absolute Gasteiger partial charge is 0.507 e. The van der Waals surface area contributed by atoms with Crippen molar-refractivity contribution in [3.63, 3.8) is 0 Å². The molecule has 70 valence electrons. The van der Waals surface area contributed by atoms with Crippen LogP contribution >= 0.6 is 0 Å². The Bertz CT molecular complexity index is 295. The molecule has 1 atom stereocenters. The van der Waals surface area contributed by atoms with Crippen LogP contribution < -0.4 is 0 Å². The molecule has 13 heavy (non-hydrogen) atoms. The monoisotopic (exact) mass is 179 g/mol. The SMILES string of the molecule is CC(O)CN=Cc1ccccc1O. The van der Waals surface area contributed by atoms with E-state index in [-0.39, 0.29) is 5.75 Å². The molecule has 1 aromatic rings. The summed E-state index contributed by atoms with van der Waals surface area (Å²) >= 11 is 0. The summed E-state index contributed by atoms with van der Waals surface area (Å²) in [5.41, 5.74) is 0.670. The van der Waals surface area contributed by atoms with Crippen LogP contribution in [-0.4, -0.2) is 29.1 Å². The molecule has 0 spiro atoms. The number of aliphatic hydroxyl groups is 1. The summed E-state index contributed by atoms with van der Waals surface area (Å²) in [6.45, 7) is 2.02. The lowest BCUT2D eigenvalue weighted by molar-refractivity contribution is 0.204. The lowest BCUT2D eigenvalue weighted by Crippen LogP contribution is -2.03. The number of benzene rings is 1. The van der Waals surface area contributed by atoms with Crippen molar-refractivity contribution in [3.8, 4) is 5.75 Å². The molecule has 0 aromatic heterocycles. The van der Waals surface area contributed by atoms with Crippen molar-refractivity contribution < 1.29 is 10.2 Å². The lowest BCUT2D eigenvalue weighted by atomic mass is 10.2. The molecule has 0 aliphatic carbocycles. The standard InChI is InChI=1S/C10H13NO2/c1-8(12)6-11-7-9-4-2-3-5-10(9)13/h2-5,7-8,12-13H,6H2,1H3. The van der Waals surface area contributed by atoms with Gasteiger partial charge < -0.3 is 10.2 Å². The predicted molar refractivity (Wildman–Crippen MR) is 52.2 cm³/mol. The normalized spacial score (nSPS) is 13.4. The summed E-state index contributed by atoms with van der Waals surface area (Å²) in [4.78, 5) is 3.97. The molecule has 0 fully saturated rings. The summed E-state index contributed by atoms with van der Waals surface area (Å²) in [7, 11) is 0. The van der Waals surface area contributed by atoms with Gasteiger partial charge in [-0.15, -0.1) is 0 Å². The van der Waals surface area contributed by atoms with E-state index in [1.807, 2.05) is 6.07 Å². The fraction of sp³-hybridized carbons (Fsp3) is 0.300. The van der Waals surface area contributed by atoms with Crippen molar-refractivity contribution in [2.45, 2.75) is 13.0 Å². The maximum atomic E-state index is 9.32. The fourth-order valence-corrected chi connectivity index (χ4v) is 0.900. The Kier molecular flexibility index (Phi) is 3.46. The first kappa shape index (κ1) is 9.74. The Hall–Kier alpha value is -1.35. The molecule has 2 N–H and O–H groups in total. The van der Waals surface area contributed by atoms with Crippen LogP contribution in [0.25, 0.3) is 0 Å². The van der Waals surface area contributed by atoms with E-state index in [0.717, 1.165) is 0 Å². The topological polar surface area (TPSA) is 52.8 Å². The third kappa shape index (κ3) is 3.25. The van der Waals surface area contributed by atoms with Crippen LogP contribution in [0.15, 0.2) is 29.3 Å². The lowest BCUT2D eigenvalue weighted by Gasteiger charge is -1.98. The van der Waals surface area contributed by atoms with E-state index in [1.165, 1.54) is 0 Å². The van der Waals surface area contributed by atoms with Gasteiger partial charge in [0.2, 0.25) is 0 Å². The van der Waals surface area contributed by atoms with Gasteiger partial charge in [-0.3, -0.25) is 4.99 Å². The molecule has 0 bridgehead atoms. The average molecular weight is 179 g/mol. The van der Waals surface area contributed by atoms with Gasteiger partial charge in [0.05, 0.1) is 12.6 Å². The molecular formula is C10H13NO2. The zero-order chi connectivity index (χ0) is 9.68. The molecule has 1 unspecified atom stereocenters. The minimum absolute atomic E-state index is 0.205. The van der Waals surface area contributed by atoms with Gasteiger partial charge in [0.25, 0.3) is 0 Å². The van der Waals surface area contributed by atoms with Gasteiger partial charge in [0.15, 0.2) is 0 Å². The van der Waals surface area contributed by atoms with Gasteiger partial charge in [-0.05, 0) is 19.1 Å². The van der Waals surface area contributed by atoms with Crippen molar-refractivity contribution in [3.05, 3.63) is 29.8 Å². The van der Waals surface area contributed by atoms with E-state index in [0.29, 0.717) is 12.1 Å². The molecule has 0 amide bonds. The maximum Gasteiger partial charge on any atom is 0.124 e. The van der Waals surface area contributed by atoms with Crippen LogP contribution in [0.1, 0.15) is 12.5 Å². The number of phenols is 1. The Morgan fingerprint density at radius 2 is 2.15 bits per heavy atom. The van der Waals surface area contributed by atoms with Crippen molar-refractivity contribution in [1.82, 2.24) is 0 Å². The first-order chi connectivity index (χ1) is 6.20. The van der Waals surface area contributed by atoms with E-state index in [2.05, 4.69) is 4.99 Å². The number of aliphatic imine (C=N–C) groups is 1. The first-order valence-electron chi connectivity index (χ1n) is 4.16. The zero-order valence-electron chi connectivity index (χ0n) is 7.51. The molecule has 0 aliphatic rings. The molecule has 0 saturated heterocycles. The molecule has 0 saturated carbocycles. The highest BCUT2D eigenvalue weighted by atomic mass is 16.3. The Balaban J connectivity index is 2.63. The van der Waals surface area contributed by atoms with Crippen LogP contribution in [-0.2, 0) is 0 Å². The number of phenolic OH excluding ortho intramolecular Hbond substituents is 1. The minimum Gasteiger partial charge on any atom is -0.507 e. The van der Waals surface area contributed by atoms with Crippen LogP contribution in [0.3, 0.4) is 0 Å². The van der Waals surface area contributed by atoms with Crippen molar-refractivity contribution in [2.75, 3.05) is 6.54 Å². The third-order valence-electron chi connectivity index (χ3n) is 1.54. The molecule has 0 radical (unpaired) electrons. The van der Waals surface area contributed by atoms with Crippen molar-refractivity contribution in [2.24, 2.45) is 4.99 Å². The summed E-state index contributed by atoms with van der Waals surface area (Å²) in [5, 5.41) is 18.2. The maximum absolute atomic E-state index is 9.32. The summed E-state index contributed by atoms with van der Waals surface area (Å²) in [5.74, 6) is 0.205. The fourth-order valence-electron chi connectivity index (χ4n) is 0.900. The minimum atomic E-state index is -0.442. The van der Waals surface area contributed by atoms with Crippen LogP contribution in [0, 0.1) is 0 Å². The van der Waals surface area contributed by atoms with Crippen LogP contribution in [0.4, 0.5) is 0 Å². The number of aromatic hydroxyl groups is 1. The quantitative estimate of drug-likeness (QED) is 0.685. The first-order valence-corrected chi connectivity index (χ1v) is 4.16. The number of aliphatic hydroxyl groups excluding tert-OH is 1. The van der Waals surface area contributed by atoms with Crippen molar-refractivity contribution in [1.29, 1.82) is 0 Å². The van der Waals surface area contributed by atoms with Gasteiger partial charge in [-0.1, -0.05) is 12.1 Å². The van der Waals surface area contributed by atoms with Gasteiger partial charge in [0, 0.05) is 11.8 Å². The second-order valence-corrected chi connectivity index (χ2v) is 2.90. The van der Waals surface area contributed by atoms with Crippen LogP contribution in [0.5, 0.6) is 5.75 Å². The molecule has 0 aliphatic heterocycles. The van der Waals surface area contributed by atoms with E-state index in [4.69, 9.17) is 5.11 Å². The summed E-state index contributed by atoms with van der Waals surface area (Å²) in [6.07, 6.45) is 1.12. The van der Waals surface area contributed by atoms with E-state index in [9.17, 15) is 5.11 Å². The second kappa shape index (κ2) is 4.62. The highest BCUT2D eigenvalue weighted by Crippen LogP contribution is 2.12. The predicted octanol–water partition coefficient (Wildman–Crippen LogP) is 1.19. The Labute approximate surface area is 77.4 Å². The van der Waals surface area contributed by atoms with Gasteiger partial charge in [-0.25, -0.2) is 0 Å². The number of hydrogen-bond donors (Lipinski definition) is 2. The van der Waals surface area contributed by atoms with Crippen LogP contribution in [0.2, 0.25) is 0 Å². The zero-order valence-corrected chi connectivity index (χ0v) is 7.51. The van der Waals surface area contributed by atoms with Crippen molar-refractivity contribution >= 4 is 6.21 Å². The molecule has 1 aromatic carbocycles. The Morgan fingerprint density at radius 1 is 1.46 bits per heavy atom. The number of rotatable bonds is 3. The smallest absolute Gasteiger partial charge is 0.124 e. The molecule has 3 nitrogen and oxygen atoms in total. The summed E-state index contributed by atoms with van der Waals surface area (Å²) in [6, 6.07) is 6.94. The van der Waals surface area contributed by atoms with Gasteiger partial charge >= 0.3 is 0 Å². The van der Waals surface area contributed by atoms with Gasteiger partial charge in [-0.2, -0.15) is 0 Å². The third-order valence-corrected chi connectivity index (χ3v) is 1.54. The second-order valence-electron chi connectivity index (χ2n) is 2.90. The number of nitrogens with zero attached hydrogens (tertiary/aromatic N) is 1. The molecule has 1 rings (SSSR count). The number of hydrogen-bond acceptors (Lipinski definition) is 3. The highest BCUT2D eigenvalue weighted by Gasteiger charge is 1.95. The Morgan fingerprint density at radius 3 is 2.77 bits per heavy atom. The van der Waals surface area contributed by atoms with E-state index < -0.39 is 6.10 Å². The van der Waals surface area contributed by atoms with E-state index in [1.54, 1.807) is 31.3 Å². The van der Waals surface area contributed by atoms with Gasteiger partial charge in [0.1, 0.15) is 5.75 Å². The molecule has 3 heteroatoms. The highest BCUT2D eigenvalue weighted by molar-refractivity contribution is 5.83. The molecule has 0 heterocycles. The number of para-hydroxylation sites is 1. The summed E-state index contributed by atoms with van der Waals surface area (Å²) < 4.78 is 0. The average Bonchev–Trinajstić information content (AvgIpc) is 2.08. The van der Waals surface area contributed by atoms with E-state index >= 15 is 0 Å².